The number of carbonyl (C=O) groups excluding carboxylic acids is 1. The predicted octanol–water partition coefficient (Wildman–Crippen LogP) is 4.89. The molecule has 29 heavy (non-hydrogen) atoms. The Morgan fingerprint density at radius 3 is 2.55 bits per heavy atom. The maximum Gasteiger partial charge on any atom is 0.416 e. The summed E-state index contributed by atoms with van der Waals surface area (Å²) in [5.74, 6) is 0.837. The van der Waals surface area contributed by atoms with E-state index in [-0.39, 0.29) is 11.4 Å². The van der Waals surface area contributed by atoms with Crippen molar-refractivity contribution in [3.8, 4) is 5.69 Å². The van der Waals surface area contributed by atoms with Gasteiger partial charge < -0.3 is 5.32 Å². The standard InChI is InChI=1S/C20H17F3N4OS/c21-20(22,23)14-5-4-6-15(11-14)24-17(28)12-29-19-26-25-18(13-9-10-13)27(19)16-7-2-1-3-8-16/h1-8,11,13H,9-10,12H2,(H,24,28). The Kier molecular flexibility index (Phi) is 5.31. The lowest BCUT2D eigenvalue weighted by Gasteiger charge is -2.11. The number of amides is 1. The molecule has 4 rings (SSSR count). The zero-order valence-corrected chi connectivity index (χ0v) is 16.0. The van der Waals surface area contributed by atoms with E-state index < -0.39 is 17.6 Å². The number of carbonyl (C=O) groups is 1. The number of hydrogen-bond donors (Lipinski definition) is 1. The highest BCUT2D eigenvalue weighted by molar-refractivity contribution is 7.99. The Morgan fingerprint density at radius 2 is 1.86 bits per heavy atom. The summed E-state index contributed by atoms with van der Waals surface area (Å²) < 4.78 is 40.4. The first-order chi connectivity index (χ1) is 13.9. The molecular weight excluding hydrogens is 401 g/mol. The molecule has 150 valence electrons. The second-order valence-corrected chi connectivity index (χ2v) is 7.64. The zero-order valence-electron chi connectivity index (χ0n) is 15.2. The number of aromatic nitrogens is 3. The van der Waals surface area contributed by atoms with E-state index in [0.29, 0.717) is 11.1 Å². The lowest BCUT2D eigenvalue weighted by Crippen LogP contribution is -2.15. The summed E-state index contributed by atoms with van der Waals surface area (Å²) in [4.78, 5) is 12.3. The van der Waals surface area contributed by atoms with Crippen LogP contribution < -0.4 is 5.32 Å². The van der Waals surface area contributed by atoms with Gasteiger partial charge in [0.05, 0.1) is 11.3 Å². The van der Waals surface area contributed by atoms with Crippen LogP contribution in [0.3, 0.4) is 0 Å². The molecule has 3 aromatic rings. The van der Waals surface area contributed by atoms with E-state index in [1.54, 1.807) is 0 Å². The molecule has 5 nitrogen and oxygen atoms in total. The van der Waals surface area contributed by atoms with E-state index >= 15 is 0 Å². The number of hydrogen-bond acceptors (Lipinski definition) is 4. The smallest absolute Gasteiger partial charge is 0.325 e. The molecule has 0 aliphatic heterocycles. The normalized spacial score (nSPS) is 14.0. The Hall–Kier alpha value is -2.81. The van der Waals surface area contributed by atoms with Gasteiger partial charge in [-0.05, 0) is 43.2 Å². The molecule has 1 aliphatic rings. The molecule has 1 N–H and O–H groups in total. The number of thioether (sulfide) groups is 1. The van der Waals surface area contributed by atoms with Gasteiger partial charge in [-0.2, -0.15) is 13.2 Å². The van der Waals surface area contributed by atoms with E-state index in [9.17, 15) is 18.0 Å². The van der Waals surface area contributed by atoms with Crippen molar-refractivity contribution in [2.75, 3.05) is 11.1 Å². The molecule has 1 heterocycles. The third-order valence-corrected chi connectivity index (χ3v) is 5.35. The second kappa shape index (κ2) is 7.90. The molecular formula is C20H17F3N4OS. The van der Waals surface area contributed by atoms with Crippen LogP contribution in [0.1, 0.15) is 30.1 Å². The van der Waals surface area contributed by atoms with Crippen LogP contribution in [0, 0.1) is 0 Å². The van der Waals surface area contributed by atoms with Crippen LogP contribution >= 0.6 is 11.8 Å². The molecule has 0 saturated heterocycles. The fourth-order valence-corrected chi connectivity index (χ4v) is 3.66. The lowest BCUT2D eigenvalue weighted by atomic mass is 10.2. The Morgan fingerprint density at radius 1 is 1.10 bits per heavy atom. The average Bonchev–Trinajstić information content (AvgIpc) is 3.46. The quantitative estimate of drug-likeness (QED) is 0.579. The van der Waals surface area contributed by atoms with Crippen molar-refractivity contribution >= 4 is 23.4 Å². The van der Waals surface area contributed by atoms with Gasteiger partial charge in [-0.25, -0.2) is 0 Å². The third kappa shape index (κ3) is 4.61. The van der Waals surface area contributed by atoms with E-state index in [0.717, 1.165) is 36.5 Å². The average molecular weight is 418 g/mol. The fraction of sp³-hybridized carbons (Fsp3) is 0.250. The summed E-state index contributed by atoms with van der Waals surface area (Å²) in [6.07, 6.45) is -2.34. The first-order valence-corrected chi connectivity index (χ1v) is 10.0. The van der Waals surface area contributed by atoms with Gasteiger partial charge in [0.2, 0.25) is 5.91 Å². The molecule has 0 unspecified atom stereocenters. The molecule has 9 heteroatoms. The van der Waals surface area contributed by atoms with Crippen LogP contribution in [0.2, 0.25) is 0 Å². The molecule has 0 spiro atoms. The van der Waals surface area contributed by atoms with Gasteiger partial charge in [0, 0.05) is 17.3 Å². The van der Waals surface area contributed by atoms with Gasteiger partial charge in [0.1, 0.15) is 5.82 Å². The molecule has 1 aliphatic carbocycles. The summed E-state index contributed by atoms with van der Waals surface area (Å²) in [7, 11) is 0. The molecule has 0 atom stereocenters. The molecule has 1 aromatic heterocycles. The molecule has 1 amide bonds. The lowest BCUT2D eigenvalue weighted by molar-refractivity contribution is -0.137. The first-order valence-electron chi connectivity index (χ1n) is 9.02. The number of nitrogens with one attached hydrogen (secondary N) is 1. The van der Waals surface area contributed by atoms with Crippen molar-refractivity contribution in [1.82, 2.24) is 14.8 Å². The van der Waals surface area contributed by atoms with Gasteiger partial charge >= 0.3 is 6.18 Å². The van der Waals surface area contributed by atoms with Crippen LogP contribution in [-0.2, 0) is 11.0 Å². The van der Waals surface area contributed by atoms with Gasteiger partial charge in [-0.15, -0.1) is 10.2 Å². The zero-order chi connectivity index (χ0) is 20.4. The number of rotatable bonds is 6. The van der Waals surface area contributed by atoms with Crippen molar-refractivity contribution in [2.24, 2.45) is 0 Å². The summed E-state index contributed by atoms with van der Waals surface area (Å²) in [6, 6.07) is 14.2. The minimum Gasteiger partial charge on any atom is -0.325 e. The minimum atomic E-state index is -4.46. The van der Waals surface area contributed by atoms with Crippen LogP contribution in [0.15, 0.2) is 59.8 Å². The minimum absolute atomic E-state index is 0.00583. The van der Waals surface area contributed by atoms with Crippen LogP contribution in [0.25, 0.3) is 5.69 Å². The van der Waals surface area contributed by atoms with Crippen LogP contribution in [0.4, 0.5) is 18.9 Å². The summed E-state index contributed by atoms with van der Waals surface area (Å²) in [5, 5.41) is 11.6. The fourth-order valence-electron chi connectivity index (χ4n) is 2.90. The number of para-hydroxylation sites is 1. The highest BCUT2D eigenvalue weighted by Crippen LogP contribution is 2.41. The Balaban J connectivity index is 1.46. The van der Waals surface area contributed by atoms with Crippen LogP contribution in [0.5, 0.6) is 0 Å². The SMILES string of the molecule is O=C(CSc1nnc(C2CC2)n1-c1ccccc1)Nc1cccc(C(F)(F)F)c1. The van der Waals surface area contributed by atoms with Gasteiger partial charge in [-0.3, -0.25) is 9.36 Å². The third-order valence-electron chi connectivity index (χ3n) is 4.42. The van der Waals surface area contributed by atoms with Crippen LogP contribution in [-0.4, -0.2) is 26.4 Å². The number of halogens is 3. The largest absolute Gasteiger partial charge is 0.416 e. The Labute approximate surface area is 169 Å². The van der Waals surface area contributed by atoms with E-state index in [1.165, 1.54) is 23.9 Å². The van der Waals surface area contributed by atoms with E-state index in [2.05, 4.69) is 15.5 Å². The number of nitrogens with zero attached hydrogens (tertiary/aromatic N) is 3. The maximum atomic E-state index is 12.8. The topological polar surface area (TPSA) is 59.8 Å². The number of benzene rings is 2. The number of anilines is 1. The highest BCUT2D eigenvalue weighted by atomic mass is 32.2. The molecule has 2 aromatic carbocycles. The van der Waals surface area contributed by atoms with Crippen molar-refractivity contribution < 1.29 is 18.0 Å². The summed E-state index contributed by atoms with van der Waals surface area (Å²) in [5.41, 5.74) is 0.217. The molecule has 0 bridgehead atoms. The maximum absolute atomic E-state index is 12.8. The predicted molar refractivity (Wildman–Crippen MR) is 104 cm³/mol. The first kappa shape index (κ1) is 19.5. The Bertz CT molecular complexity index is 1020. The van der Waals surface area contributed by atoms with Crippen molar-refractivity contribution in [1.29, 1.82) is 0 Å². The van der Waals surface area contributed by atoms with Crippen molar-refractivity contribution in [2.45, 2.75) is 30.1 Å². The van der Waals surface area contributed by atoms with Crippen molar-refractivity contribution in [3.63, 3.8) is 0 Å². The highest BCUT2D eigenvalue weighted by Gasteiger charge is 2.32. The summed E-state index contributed by atoms with van der Waals surface area (Å²) >= 11 is 1.20. The summed E-state index contributed by atoms with van der Waals surface area (Å²) in [6.45, 7) is 0. The molecule has 0 radical (unpaired) electrons. The van der Waals surface area contributed by atoms with Crippen molar-refractivity contribution in [3.05, 3.63) is 66.0 Å². The molecule has 1 saturated carbocycles. The van der Waals surface area contributed by atoms with Gasteiger partial charge in [0.15, 0.2) is 5.16 Å². The van der Waals surface area contributed by atoms with Gasteiger partial charge in [-0.1, -0.05) is 36.0 Å². The molecule has 1 fully saturated rings. The van der Waals surface area contributed by atoms with Gasteiger partial charge in [0.25, 0.3) is 0 Å². The monoisotopic (exact) mass is 418 g/mol. The number of alkyl halides is 3. The second-order valence-electron chi connectivity index (χ2n) is 6.70. The van der Waals surface area contributed by atoms with E-state index in [1.807, 2.05) is 34.9 Å². The van der Waals surface area contributed by atoms with E-state index in [4.69, 9.17) is 0 Å².